The van der Waals surface area contributed by atoms with Crippen LogP contribution in [-0.2, 0) is 13.0 Å². The molecule has 0 saturated heterocycles. The van der Waals surface area contributed by atoms with Gasteiger partial charge in [0.15, 0.2) is 0 Å². The number of aromatic nitrogens is 2. The summed E-state index contributed by atoms with van der Waals surface area (Å²) in [5.74, 6) is 0.354. The van der Waals surface area contributed by atoms with Crippen LogP contribution >= 0.6 is 0 Å². The predicted octanol–water partition coefficient (Wildman–Crippen LogP) is 1.67. The normalized spacial score (nSPS) is 13.9. The topological polar surface area (TPSA) is 47.1 Å². The Balaban J connectivity index is 1.71. The van der Waals surface area contributed by atoms with Gasteiger partial charge >= 0.3 is 0 Å². The van der Waals surface area contributed by atoms with E-state index < -0.39 is 0 Å². The fraction of sp³-hybridized carbons (Fsp3) is 0.308. The minimum atomic E-state index is -0.177. The third-order valence-corrected chi connectivity index (χ3v) is 3.30. The van der Waals surface area contributed by atoms with Crippen LogP contribution in [-0.4, -0.2) is 22.9 Å². The van der Waals surface area contributed by atoms with Crippen LogP contribution in [0.1, 0.15) is 5.56 Å². The van der Waals surface area contributed by atoms with Gasteiger partial charge in [0.1, 0.15) is 11.6 Å². The van der Waals surface area contributed by atoms with Gasteiger partial charge < -0.3 is 10.6 Å². The molecule has 2 aromatic rings. The lowest BCUT2D eigenvalue weighted by atomic mass is 10.2. The molecule has 94 valence electrons. The van der Waals surface area contributed by atoms with Crippen LogP contribution in [0.4, 0.5) is 15.9 Å². The molecule has 1 aromatic heterocycles. The Morgan fingerprint density at radius 1 is 1.28 bits per heavy atom. The zero-order valence-electron chi connectivity index (χ0n) is 10.0. The van der Waals surface area contributed by atoms with Gasteiger partial charge in [-0.25, -0.2) is 4.39 Å². The highest BCUT2D eigenvalue weighted by molar-refractivity contribution is 5.58. The summed E-state index contributed by atoms with van der Waals surface area (Å²) in [5.41, 5.74) is 7.79. The zero-order valence-corrected chi connectivity index (χ0v) is 10.0. The maximum atomic E-state index is 13.2. The van der Waals surface area contributed by atoms with E-state index in [1.54, 1.807) is 12.1 Å². The number of anilines is 2. The molecule has 0 atom stereocenters. The largest absolute Gasteiger partial charge is 0.382 e. The SMILES string of the molecule is Nc1ccn(CCN2CCc3ccc(F)cc32)n1. The molecule has 0 unspecified atom stereocenters. The lowest BCUT2D eigenvalue weighted by Gasteiger charge is -2.19. The molecule has 0 fully saturated rings. The molecular formula is C13H15FN4. The molecule has 4 nitrogen and oxygen atoms in total. The number of nitrogen functional groups attached to an aromatic ring is 1. The number of halogens is 1. The van der Waals surface area contributed by atoms with Crippen molar-refractivity contribution in [2.24, 2.45) is 0 Å². The Bertz CT molecular complexity index is 564. The first-order chi connectivity index (χ1) is 8.72. The van der Waals surface area contributed by atoms with Crippen molar-refractivity contribution in [3.63, 3.8) is 0 Å². The monoisotopic (exact) mass is 246 g/mol. The molecule has 2 heterocycles. The van der Waals surface area contributed by atoms with E-state index in [2.05, 4.69) is 10.00 Å². The molecule has 1 aliphatic heterocycles. The van der Waals surface area contributed by atoms with Crippen LogP contribution in [0.3, 0.4) is 0 Å². The van der Waals surface area contributed by atoms with E-state index in [9.17, 15) is 4.39 Å². The second-order valence-corrected chi connectivity index (χ2v) is 4.51. The molecule has 18 heavy (non-hydrogen) atoms. The van der Waals surface area contributed by atoms with Crippen molar-refractivity contribution in [1.29, 1.82) is 0 Å². The third kappa shape index (κ3) is 2.03. The van der Waals surface area contributed by atoms with Crippen molar-refractivity contribution in [2.45, 2.75) is 13.0 Å². The summed E-state index contributed by atoms with van der Waals surface area (Å²) in [7, 11) is 0. The van der Waals surface area contributed by atoms with Crippen molar-refractivity contribution < 1.29 is 4.39 Å². The molecule has 0 aliphatic carbocycles. The van der Waals surface area contributed by atoms with E-state index >= 15 is 0 Å². The first kappa shape index (κ1) is 11.1. The Labute approximate surface area is 105 Å². The molecule has 5 heteroatoms. The van der Waals surface area contributed by atoms with E-state index in [-0.39, 0.29) is 5.82 Å². The minimum Gasteiger partial charge on any atom is -0.382 e. The molecule has 0 saturated carbocycles. The van der Waals surface area contributed by atoms with Crippen LogP contribution in [0.25, 0.3) is 0 Å². The number of benzene rings is 1. The molecule has 3 rings (SSSR count). The summed E-state index contributed by atoms with van der Waals surface area (Å²) in [6.07, 6.45) is 2.84. The maximum absolute atomic E-state index is 13.2. The van der Waals surface area contributed by atoms with Crippen LogP contribution in [0.2, 0.25) is 0 Å². The molecule has 0 amide bonds. The van der Waals surface area contributed by atoms with Gasteiger partial charge in [0.05, 0.1) is 6.54 Å². The van der Waals surface area contributed by atoms with Crippen LogP contribution in [0, 0.1) is 5.82 Å². The Morgan fingerprint density at radius 2 is 2.17 bits per heavy atom. The zero-order chi connectivity index (χ0) is 12.5. The van der Waals surface area contributed by atoms with E-state index in [4.69, 9.17) is 5.73 Å². The molecular weight excluding hydrogens is 231 g/mol. The fourth-order valence-corrected chi connectivity index (χ4v) is 2.38. The average Bonchev–Trinajstić information content (AvgIpc) is 2.93. The molecule has 1 aliphatic rings. The molecule has 1 aromatic carbocycles. The minimum absolute atomic E-state index is 0.177. The van der Waals surface area contributed by atoms with E-state index in [0.29, 0.717) is 5.82 Å². The smallest absolute Gasteiger partial charge is 0.145 e. The average molecular weight is 246 g/mol. The lowest BCUT2D eigenvalue weighted by Crippen LogP contribution is -2.25. The van der Waals surface area contributed by atoms with Gasteiger partial charge in [-0.2, -0.15) is 5.10 Å². The molecule has 0 radical (unpaired) electrons. The summed E-state index contributed by atoms with van der Waals surface area (Å²) in [6.45, 7) is 2.51. The highest BCUT2D eigenvalue weighted by atomic mass is 19.1. The Morgan fingerprint density at radius 3 is 2.94 bits per heavy atom. The second-order valence-electron chi connectivity index (χ2n) is 4.51. The predicted molar refractivity (Wildman–Crippen MR) is 69.0 cm³/mol. The first-order valence-electron chi connectivity index (χ1n) is 6.05. The van der Waals surface area contributed by atoms with Gasteiger partial charge in [0.2, 0.25) is 0 Å². The van der Waals surface area contributed by atoms with Crippen LogP contribution in [0.5, 0.6) is 0 Å². The van der Waals surface area contributed by atoms with Gasteiger partial charge in [0, 0.05) is 25.0 Å². The van der Waals surface area contributed by atoms with E-state index in [1.807, 2.05) is 16.9 Å². The maximum Gasteiger partial charge on any atom is 0.145 e. The summed E-state index contributed by atoms with van der Waals surface area (Å²) < 4.78 is 15.1. The van der Waals surface area contributed by atoms with Crippen molar-refractivity contribution in [1.82, 2.24) is 9.78 Å². The summed E-state index contributed by atoms with van der Waals surface area (Å²) >= 11 is 0. The Kier molecular flexibility index (Phi) is 2.66. The van der Waals surface area contributed by atoms with Gasteiger partial charge in [-0.3, -0.25) is 4.68 Å². The number of hydrogen-bond donors (Lipinski definition) is 1. The number of fused-ring (bicyclic) bond motifs is 1. The van der Waals surface area contributed by atoms with Gasteiger partial charge in [-0.05, 0) is 30.2 Å². The van der Waals surface area contributed by atoms with Crippen LogP contribution in [0.15, 0.2) is 30.5 Å². The highest BCUT2D eigenvalue weighted by Gasteiger charge is 2.19. The van der Waals surface area contributed by atoms with Crippen molar-refractivity contribution in [2.75, 3.05) is 23.7 Å². The molecule has 0 spiro atoms. The van der Waals surface area contributed by atoms with Crippen molar-refractivity contribution >= 4 is 11.5 Å². The number of rotatable bonds is 3. The molecule has 2 N–H and O–H groups in total. The summed E-state index contributed by atoms with van der Waals surface area (Å²) in [5, 5.41) is 4.14. The van der Waals surface area contributed by atoms with Crippen LogP contribution < -0.4 is 10.6 Å². The fourth-order valence-electron chi connectivity index (χ4n) is 2.38. The lowest BCUT2D eigenvalue weighted by molar-refractivity contribution is 0.602. The number of hydrogen-bond acceptors (Lipinski definition) is 3. The highest BCUT2D eigenvalue weighted by Crippen LogP contribution is 2.28. The van der Waals surface area contributed by atoms with Crippen molar-refractivity contribution in [3.8, 4) is 0 Å². The quantitative estimate of drug-likeness (QED) is 0.896. The van der Waals surface area contributed by atoms with Gasteiger partial charge in [0.25, 0.3) is 0 Å². The van der Waals surface area contributed by atoms with Crippen molar-refractivity contribution in [3.05, 3.63) is 41.8 Å². The number of nitrogens with two attached hydrogens (primary N) is 1. The van der Waals surface area contributed by atoms with E-state index in [1.165, 1.54) is 11.6 Å². The van der Waals surface area contributed by atoms with E-state index in [0.717, 1.165) is 31.7 Å². The molecule has 0 bridgehead atoms. The Hall–Kier alpha value is -2.04. The van der Waals surface area contributed by atoms with Gasteiger partial charge in [-0.1, -0.05) is 6.07 Å². The summed E-state index contributed by atoms with van der Waals surface area (Å²) in [6, 6.07) is 6.78. The second kappa shape index (κ2) is 4.33. The van der Waals surface area contributed by atoms with Gasteiger partial charge in [-0.15, -0.1) is 0 Å². The third-order valence-electron chi connectivity index (χ3n) is 3.30. The summed E-state index contributed by atoms with van der Waals surface area (Å²) in [4.78, 5) is 2.19. The number of nitrogens with zero attached hydrogens (tertiary/aromatic N) is 3. The standard InChI is InChI=1S/C13H15FN4/c14-11-2-1-10-3-5-17(12(10)9-11)7-8-18-6-4-13(15)16-18/h1-2,4,6,9H,3,5,7-8H2,(H2,15,16). The first-order valence-corrected chi connectivity index (χ1v) is 6.05.